The first-order valence-corrected chi connectivity index (χ1v) is 11.6. The Morgan fingerprint density at radius 2 is 1.76 bits per heavy atom. The van der Waals surface area contributed by atoms with Gasteiger partial charge in [-0.1, -0.05) is 24.3 Å². The van der Waals surface area contributed by atoms with Crippen LogP contribution in [0, 0.1) is 23.7 Å². The SMILES string of the molecule is COc1cc(C=NN2C(=O)[C@@H]3[C@H](C2=O)[C@H]2C=C[C@H]3C2)c(Br)cc1OCc1ccc(C(=O)O)cc1. The number of amides is 2. The van der Waals surface area contributed by atoms with E-state index >= 15 is 0 Å². The van der Waals surface area contributed by atoms with Crippen molar-refractivity contribution >= 4 is 39.9 Å². The van der Waals surface area contributed by atoms with E-state index in [0.717, 1.165) is 17.0 Å². The number of allylic oxidation sites excluding steroid dienone is 2. The van der Waals surface area contributed by atoms with Gasteiger partial charge in [0.25, 0.3) is 11.8 Å². The van der Waals surface area contributed by atoms with Crippen molar-refractivity contribution in [1.29, 1.82) is 0 Å². The maximum absolute atomic E-state index is 12.8. The molecule has 0 aromatic heterocycles. The minimum absolute atomic E-state index is 0.134. The summed E-state index contributed by atoms with van der Waals surface area (Å²) in [5.74, 6) is -0.856. The zero-order chi connectivity index (χ0) is 24.0. The van der Waals surface area contributed by atoms with Crippen molar-refractivity contribution < 1.29 is 29.0 Å². The molecule has 5 rings (SSSR count). The highest BCUT2D eigenvalue weighted by Gasteiger charge is 2.59. The molecule has 1 aliphatic heterocycles. The average Bonchev–Trinajstić information content (AvgIpc) is 3.51. The monoisotopic (exact) mass is 524 g/mol. The topological polar surface area (TPSA) is 106 Å². The molecule has 1 N–H and O–H groups in total. The Kier molecular flexibility index (Phi) is 5.73. The van der Waals surface area contributed by atoms with Gasteiger partial charge in [0, 0.05) is 10.0 Å². The third-order valence-electron chi connectivity index (χ3n) is 6.64. The second kappa shape index (κ2) is 8.72. The van der Waals surface area contributed by atoms with Crippen LogP contribution in [0.25, 0.3) is 0 Å². The number of methoxy groups -OCH3 is 1. The number of aromatic carboxylic acids is 1. The smallest absolute Gasteiger partial charge is 0.335 e. The first-order valence-electron chi connectivity index (χ1n) is 10.8. The van der Waals surface area contributed by atoms with E-state index in [9.17, 15) is 14.4 Å². The van der Waals surface area contributed by atoms with E-state index in [4.69, 9.17) is 14.6 Å². The van der Waals surface area contributed by atoms with Crippen molar-refractivity contribution in [2.75, 3.05) is 7.11 Å². The van der Waals surface area contributed by atoms with Crippen molar-refractivity contribution in [3.8, 4) is 11.5 Å². The number of hydrogen-bond acceptors (Lipinski definition) is 6. The highest BCUT2D eigenvalue weighted by molar-refractivity contribution is 9.10. The van der Waals surface area contributed by atoms with E-state index in [2.05, 4.69) is 21.0 Å². The van der Waals surface area contributed by atoms with Crippen molar-refractivity contribution in [2.24, 2.45) is 28.8 Å². The van der Waals surface area contributed by atoms with E-state index in [1.54, 1.807) is 24.3 Å². The van der Waals surface area contributed by atoms with Gasteiger partial charge in [-0.15, -0.1) is 0 Å². The average molecular weight is 525 g/mol. The number of benzene rings is 2. The number of ether oxygens (including phenoxy) is 2. The predicted molar refractivity (Wildman–Crippen MR) is 126 cm³/mol. The van der Waals surface area contributed by atoms with Crippen LogP contribution in [0.15, 0.2) is 58.1 Å². The minimum Gasteiger partial charge on any atom is -0.493 e. The van der Waals surface area contributed by atoms with E-state index < -0.39 is 5.97 Å². The van der Waals surface area contributed by atoms with Gasteiger partial charge in [-0.2, -0.15) is 10.1 Å². The molecule has 2 fully saturated rings. The van der Waals surface area contributed by atoms with Crippen molar-refractivity contribution in [2.45, 2.75) is 13.0 Å². The molecule has 2 aromatic rings. The van der Waals surface area contributed by atoms with Gasteiger partial charge >= 0.3 is 5.97 Å². The van der Waals surface area contributed by atoms with Crippen LogP contribution < -0.4 is 9.47 Å². The number of nitrogens with zero attached hydrogens (tertiary/aromatic N) is 2. The van der Waals surface area contributed by atoms with Crippen LogP contribution in [0.4, 0.5) is 0 Å². The second-order valence-corrected chi connectivity index (χ2v) is 9.40. The molecule has 0 unspecified atom stereocenters. The molecule has 34 heavy (non-hydrogen) atoms. The third kappa shape index (κ3) is 3.79. The standard InChI is InChI=1S/C25H21BrN2O6/c1-33-19-9-17(11-27-28-23(29)21-15-6-7-16(8-15)22(21)24(28)30)18(26)10-20(19)34-12-13-2-4-14(5-3-13)25(31)32/h2-7,9-11,15-16,21-22H,8,12H2,1H3,(H,31,32)/t15-,16-,21-,22+/m0/s1. The molecule has 1 heterocycles. The molecule has 2 aromatic carbocycles. The third-order valence-corrected chi connectivity index (χ3v) is 7.32. The van der Waals surface area contributed by atoms with Crippen molar-refractivity contribution in [3.05, 3.63) is 69.7 Å². The Balaban J connectivity index is 1.31. The number of carboxylic acid groups (broad SMARTS) is 1. The van der Waals surface area contributed by atoms with Gasteiger partial charge in [0.1, 0.15) is 6.61 Å². The summed E-state index contributed by atoms with van der Waals surface area (Å²) in [6.07, 6.45) is 6.43. The number of rotatable bonds is 7. The molecular formula is C25H21BrN2O6. The summed E-state index contributed by atoms with van der Waals surface area (Å²) in [5.41, 5.74) is 1.62. The fraction of sp³-hybridized carbons (Fsp3) is 0.280. The number of carboxylic acids is 1. The fourth-order valence-electron chi connectivity index (χ4n) is 4.95. The summed E-state index contributed by atoms with van der Waals surface area (Å²) in [6, 6.07) is 9.83. The number of hydrogen-bond donors (Lipinski definition) is 1. The quantitative estimate of drug-likeness (QED) is 0.334. The van der Waals surface area contributed by atoms with Gasteiger partial charge < -0.3 is 14.6 Å². The van der Waals surface area contributed by atoms with Crippen molar-refractivity contribution in [3.63, 3.8) is 0 Å². The highest BCUT2D eigenvalue weighted by Crippen LogP contribution is 2.52. The van der Waals surface area contributed by atoms with Crippen molar-refractivity contribution in [1.82, 2.24) is 5.01 Å². The number of halogens is 1. The van der Waals surface area contributed by atoms with Crippen LogP contribution >= 0.6 is 15.9 Å². The summed E-state index contributed by atoms with van der Waals surface area (Å²) < 4.78 is 12.0. The van der Waals surface area contributed by atoms with Crippen LogP contribution in [-0.2, 0) is 16.2 Å². The molecule has 1 saturated carbocycles. The first kappa shape index (κ1) is 22.3. The number of hydrazone groups is 1. The molecule has 3 aliphatic rings. The summed E-state index contributed by atoms with van der Waals surface area (Å²) >= 11 is 3.49. The van der Waals surface area contributed by atoms with Crippen LogP contribution in [0.2, 0.25) is 0 Å². The lowest BCUT2D eigenvalue weighted by Gasteiger charge is -2.14. The van der Waals surface area contributed by atoms with Gasteiger partial charge in [0.2, 0.25) is 0 Å². The lowest BCUT2D eigenvalue weighted by atomic mass is 9.85. The molecule has 9 heteroatoms. The van der Waals surface area contributed by atoms with Gasteiger partial charge in [-0.05, 0) is 64.0 Å². The molecular weight excluding hydrogens is 504 g/mol. The molecule has 2 bridgehead atoms. The number of fused-ring (bicyclic) bond motifs is 5. The summed E-state index contributed by atoms with van der Waals surface area (Å²) in [6.45, 7) is 0.214. The molecule has 174 valence electrons. The van der Waals surface area contributed by atoms with E-state index in [-0.39, 0.29) is 47.7 Å². The Morgan fingerprint density at radius 3 is 2.35 bits per heavy atom. The molecule has 2 amide bonds. The Hall–Kier alpha value is -3.46. The summed E-state index contributed by atoms with van der Waals surface area (Å²) in [5, 5.41) is 14.2. The molecule has 0 spiro atoms. The lowest BCUT2D eigenvalue weighted by Crippen LogP contribution is -2.28. The minimum atomic E-state index is -0.986. The molecule has 4 atom stereocenters. The maximum Gasteiger partial charge on any atom is 0.335 e. The first-order chi connectivity index (χ1) is 16.4. The lowest BCUT2D eigenvalue weighted by molar-refractivity contribution is -0.140. The van der Waals surface area contributed by atoms with Crippen LogP contribution in [0.1, 0.15) is 27.9 Å². The van der Waals surface area contributed by atoms with Gasteiger partial charge in [-0.3, -0.25) is 9.59 Å². The van der Waals surface area contributed by atoms with Gasteiger partial charge in [0.15, 0.2) is 11.5 Å². The van der Waals surface area contributed by atoms with Gasteiger partial charge in [-0.25, -0.2) is 4.79 Å². The number of carbonyl (C=O) groups is 3. The molecule has 8 nitrogen and oxygen atoms in total. The molecule has 0 radical (unpaired) electrons. The second-order valence-electron chi connectivity index (χ2n) is 8.55. The summed E-state index contributed by atoms with van der Waals surface area (Å²) in [4.78, 5) is 36.6. The normalized spacial score (nSPS) is 24.8. The van der Waals surface area contributed by atoms with E-state index in [1.165, 1.54) is 25.5 Å². The zero-order valence-corrected chi connectivity index (χ0v) is 19.8. The Labute approximate surface area is 204 Å². The highest BCUT2D eigenvalue weighted by atomic mass is 79.9. The maximum atomic E-state index is 12.8. The molecule has 2 aliphatic carbocycles. The van der Waals surface area contributed by atoms with Crippen LogP contribution in [0.3, 0.4) is 0 Å². The number of imide groups is 1. The largest absolute Gasteiger partial charge is 0.493 e. The van der Waals surface area contributed by atoms with E-state index in [1.807, 2.05) is 12.2 Å². The predicted octanol–water partition coefficient (Wildman–Crippen LogP) is 3.88. The Morgan fingerprint density at radius 1 is 1.12 bits per heavy atom. The number of carbonyl (C=O) groups excluding carboxylic acids is 2. The fourth-order valence-corrected chi connectivity index (χ4v) is 5.37. The van der Waals surface area contributed by atoms with Crippen LogP contribution in [0.5, 0.6) is 11.5 Å². The zero-order valence-electron chi connectivity index (χ0n) is 18.2. The molecule has 1 saturated heterocycles. The van der Waals surface area contributed by atoms with Crippen LogP contribution in [-0.4, -0.2) is 41.2 Å². The Bertz CT molecular complexity index is 1210. The van der Waals surface area contributed by atoms with E-state index in [0.29, 0.717) is 21.5 Å². The van der Waals surface area contributed by atoms with Gasteiger partial charge in [0.05, 0.1) is 30.7 Å². The summed E-state index contributed by atoms with van der Waals surface area (Å²) in [7, 11) is 1.51.